The average Bonchev–Trinajstić information content (AvgIpc) is 3.42. The summed E-state index contributed by atoms with van der Waals surface area (Å²) in [5, 5.41) is 1.83. The number of amides is 2. The summed E-state index contributed by atoms with van der Waals surface area (Å²) < 4.78 is 26.8. The van der Waals surface area contributed by atoms with Gasteiger partial charge in [-0.3, -0.25) is 20.4 Å². The van der Waals surface area contributed by atoms with Crippen LogP contribution in [0, 0.1) is 0 Å². The lowest BCUT2D eigenvalue weighted by molar-refractivity contribution is 0.0846. The number of nitrogens with zero attached hydrogens (tertiary/aromatic N) is 1. The molecule has 1 saturated heterocycles. The van der Waals surface area contributed by atoms with Crippen molar-refractivity contribution in [3.8, 4) is 0 Å². The van der Waals surface area contributed by atoms with Crippen LogP contribution in [-0.2, 0) is 22.9 Å². The summed E-state index contributed by atoms with van der Waals surface area (Å²) in [6, 6.07) is 5.90. The third-order valence-electron chi connectivity index (χ3n) is 5.39. The molecule has 0 unspecified atom stereocenters. The first-order valence-corrected chi connectivity index (χ1v) is 12.1. The van der Waals surface area contributed by atoms with Gasteiger partial charge in [0, 0.05) is 28.9 Å². The van der Waals surface area contributed by atoms with E-state index in [1.807, 2.05) is 5.38 Å². The summed E-state index contributed by atoms with van der Waals surface area (Å²) in [6.07, 6.45) is 5.77. The Kier molecular flexibility index (Phi) is 5.71. The number of hydrogen-bond acceptors (Lipinski definition) is 5. The molecule has 9 heteroatoms. The molecule has 1 aromatic carbocycles. The molecule has 0 spiro atoms. The maximum Gasteiger partial charge on any atom is 0.270 e. The van der Waals surface area contributed by atoms with E-state index in [1.54, 1.807) is 11.3 Å². The van der Waals surface area contributed by atoms with E-state index < -0.39 is 15.9 Å². The summed E-state index contributed by atoms with van der Waals surface area (Å²) in [5.41, 5.74) is 6.72. The van der Waals surface area contributed by atoms with Crippen LogP contribution in [0.4, 0.5) is 0 Å². The Balaban J connectivity index is 1.44. The molecule has 1 aromatic heterocycles. The molecule has 154 valence electrons. The van der Waals surface area contributed by atoms with Gasteiger partial charge in [0.2, 0.25) is 10.0 Å². The van der Waals surface area contributed by atoms with Gasteiger partial charge in [0.05, 0.1) is 10.5 Å². The maximum absolute atomic E-state index is 12.7. The van der Waals surface area contributed by atoms with Gasteiger partial charge in [-0.2, -0.15) is 4.31 Å². The van der Waals surface area contributed by atoms with Crippen molar-refractivity contribution in [3.63, 3.8) is 0 Å². The number of carbonyl (C=O) groups is 2. The van der Waals surface area contributed by atoms with Gasteiger partial charge in [0.25, 0.3) is 11.8 Å². The molecular formula is C20H23N3O4S2. The number of carbonyl (C=O) groups excluding carboxylic acids is 2. The van der Waals surface area contributed by atoms with E-state index in [0.717, 1.165) is 44.1 Å². The second kappa shape index (κ2) is 8.25. The van der Waals surface area contributed by atoms with Gasteiger partial charge in [-0.15, -0.1) is 11.3 Å². The second-order valence-corrected chi connectivity index (χ2v) is 10.2. The molecule has 1 aliphatic heterocycles. The number of aryl methyl sites for hydroxylation is 1. The molecule has 1 aliphatic carbocycles. The van der Waals surface area contributed by atoms with Crippen LogP contribution in [0.5, 0.6) is 0 Å². The van der Waals surface area contributed by atoms with Crippen molar-refractivity contribution in [2.75, 3.05) is 13.1 Å². The van der Waals surface area contributed by atoms with Gasteiger partial charge in [0.15, 0.2) is 0 Å². The minimum atomic E-state index is -3.60. The maximum atomic E-state index is 12.7. The largest absolute Gasteiger partial charge is 0.270 e. The van der Waals surface area contributed by atoms with Gasteiger partial charge in [-0.05, 0) is 62.3 Å². The number of fused-ring (bicyclic) bond motifs is 1. The molecule has 0 radical (unpaired) electrons. The quantitative estimate of drug-likeness (QED) is 0.724. The number of hydrogen-bond donors (Lipinski definition) is 2. The lowest BCUT2D eigenvalue weighted by atomic mass is 9.96. The van der Waals surface area contributed by atoms with Gasteiger partial charge < -0.3 is 0 Å². The lowest BCUT2D eigenvalue weighted by Gasteiger charge is -2.16. The highest BCUT2D eigenvalue weighted by Gasteiger charge is 2.27. The smallest absolute Gasteiger partial charge is 0.267 e. The monoisotopic (exact) mass is 433 g/mol. The summed E-state index contributed by atoms with van der Waals surface area (Å²) in [7, 11) is -3.60. The minimum absolute atomic E-state index is 0.0882. The highest BCUT2D eigenvalue weighted by Crippen LogP contribution is 2.30. The van der Waals surface area contributed by atoms with Gasteiger partial charge >= 0.3 is 0 Å². The van der Waals surface area contributed by atoms with E-state index in [0.29, 0.717) is 18.7 Å². The third-order valence-corrected chi connectivity index (χ3v) is 8.38. The fourth-order valence-electron chi connectivity index (χ4n) is 3.81. The minimum Gasteiger partial charge on any atom is -0.267 e. The molecule has 0 bridgehead atoms. The lowest BCUT2D eigenvalue weighted by Crippen LogP contribution is -2.42. The molecular weight excluding hydrogens is 410 g/mol. The predicted octanol–water partition coefficient (Wildman–Crippen LogP) is 2.49. The summed E-state index contributed by atoms with van der Waals surface area (Å²) >= 11 is 1.58. The van der Waals surface area contributed by atoms with Crippen LogP contribution in [0.25, 0.3) is 0 Å². The highest BCUT2D eigenvalue weighted by atomic mass is 32.2. The number of benzene rings is 1. The molecule has 2 amide bonds. The van der Waals surface area contributed by atoms with Crippen LogP contribution >= 0.6 is 11.3 Å². The first-order valence-electron chi connectivity index (χ1n) is 9.77. The topological polar surface area (TPSA) is 95.6 Å². The fourth-order valence-corrected chi connectivity index (χ4v) is 6.50. The summed E-state index contributed by atoms with van der Waals surface area (Å²) in [6.45, 7) is 1.000. The molecule has 2 aromatic rings. The first kappa shape index (κ1) is 20.1. The highest BCUT2D eigenvalue weighted by molar-refractivity contribution is 7.89. The molecule has 4 rings (SSSR count). The van der Waals surface area contributed by atoms with E-state index in [4.69, 9.17) is 0 Å². The molecule has 1 fully saturated rings. The molecule has 0 saturated carbocycles. The summed E-state index contributed by atoms with van der Waals surface area (Å²) in [4.78, 5) is 26.3. The molecule has 2 aliphatic rings. The van der Waals surface area contributed by atoms with Crippen molar-refractivity contribution < 1.29 is 18.0 Å². The van der Waals surface area contributed by atoms with E-state index in [1.165, 1.54) is 33.4 Å². The standard InChI is InChI=1S/C20H23N3O4S2/c24-19(21-22-20(25)17-13-28-18-9-2-1-8-16(17)18)14-6-5-7-15(12-14)29(26,27)23-10-3-4-11-23/h5-7,12-13H,1-4,8-11H2,(H,21,24)(H,22,25). The van der Waals surface area contributed by atoms with Crippen LogP contribution in [0.2, 0.25) is 0 Å². The first-order chi connectivity index (χ1) is 14.0. The number of thiophene rings is 1. The van der Waals surface area contributed by atoms with Crippen molar-refractivity contribution in [3.05, 3.63) is 51.2 Å². The zero-order chi connectivity index (χ0) is 20.4. The van der Waals surface area contributed by atoms with Crippen LogP contribution in [0.15, 0.2) is 34.5 Å². The van der Waals surface area contributed by atoms with Gasteiger partial charge in [-0.1, -0.05) is 6.07 Å². The van der Waals surface area contributed by atoms with E-state index in [-0.39, 0.29) is 16.4 Å². The van der Waals surface area contributed by atoms with Crippen LogP contribution < -0.4 is 10.9 Å². The average molecular weight is 434 g/mol. The van der Waals surface area contributed by atoms with Crippen LogP contribution in [0.1, 0.15) is 56.8 Å². The molecule has 0 atom stereocenters. The number of sulfonamides is 1. The number of hydrazine groups is 1. The van der Waals surface area contributed by atoms with Crippen molar-refractivity contribution in [2.24, 2.45) is 0 Å². The Labute approximate surface area is 174 Å². The Morgan fingerprint density at radius 3 is 2.48 bits per heavy atom. The van der Waals surface area contributed by atoms with Crippen LogP contribution in [0.3, 0.4) is 0 Å². The Bertz CT molecular complexity index is 1040. The molecule has 2 heterocycles. The zero-order valence-electron chi connectivity index (χ0n) is 15.9. The van der Waals surface area contributed by atoms with Crippen LogP contribution in [-0.4, -0.2) is 37.6 Å². The molecule has 29 heavy (non-hydrogen) atoms. The van der Waals surface area contributed by atoms with Crippen molar-refractivity contribution in [1.82, 2.24) is 15.2 Å². The van der Waals surface area contributed by atoms with Crippen molar-refractivity contribution >= 4 is 33.2 Å². The molecule has 7 nitrogen and oxygen atoms in total. The third kappa shape index (κ3) is 4.08. The number of nitrogens with one attached hydrogen (secondary N) is 2. The Hall–Kier alpha value is -2.23. The van der Waals surface area contributed by atoms with E-state index >= 15 is 0 Å². The summed E-state index contributed by atoms with van der Waals surface area (Å²) in [5.74, 6) is -0.903. The van der Waals surface area contributed by atoms with E-state index in [2.05, 4.69) is 10.9 Å². The Morgan fingerprint density at radius 2 is 1.69 bits per heavy atom. The Morgan fingerprint density at radius 1 is 0.966 bits per heavy atom. The zero-order valence-corrected chi connectivity index (χ0v) is 17.6. The number of rotatable bonds is 4. The van der Waals surface area contributed by atoms with E-state index in [9.17, 15) is 18.0 Å². The van der Waals surface area contributed by atoms with Gasteiger partial charge in [-0.25, -0.2) is 8.42 Å². The van der Waals surface area contributed by atoms with Crippen molar-refractivity contribution in [2.45, 2.75) is 43.4 Å². The second-order valence-electron chi connectivity index (χ2n) is 7.31. The molecule has 2 N–H and O–H groups in total. The van der Waals surface area contributed by atoms with Gasteiger partial charge in [0.1, 0.15) is 0 Å². The normalized spacial score (nSPS) is 17.0. The predicted molar refractivity (Wildman–Crippen MR) is 110 cm³/mol. The fraction of sp³-hybridized carbons (Fsp3) is 0.400. The van der Waals surface area contributed by atoms with Crippen molar-refractivity contribution in [1.29, 1.82) is 0 Å². The SMILES string of the molecule is O=C(NNC(=O)c1csc2c1CCCC2)c1cccc(S(=O)(=O)N2CCCC2)c1.